The molecule has 2 bridgehead atoms. The zero-order valence-electron chi connectivity index (χ0n) is 16.7. The molecular weight excluding hydrogens is 317 g/mol. The molecule has 0 aliphatic carbocycles. The number of hydrogen-bond acceptors (Lipinski definition) is 4. The van der Waals surface area contributed by atoms with Crippen molar-refractivity contribution < 1.29 is 18.8 Å². The lowest BCUT2D eigenvalue weighted by Crippen LogP contribution is -2.47. The molecule has 3 aliphatic rings. The highest BCUT2D eigenvalue weighted by Gasteiger charge is 2.51. The minimum atomic E-state index is -0.469. The van der Waals surface area contributed by atoms with Gasteiger partial charge in [-0.25, -0.2) is 4.79 Å². The minimum absolute atomic E-state index is 0.118. The Hall–Kier alpha value is -1.01. The number of nitrogens with zero attached hydrogens (tertiary/aromatic N) is 1. The second-order valence-corrected chi connectivity index (χ2v) is 9.54. The summed E-state index contributed by atoms with van der Waals surface area (Å²) in [6, 6.07) is 0.419. The van der Waals surface area contributed by atoms with Crippen molar-refractivity contribution in [1.29, 1.82) is 0 Å². The van der Waals surface area contributed by atoms with Crippen LogP contribution in [0.15, 0.2) is 11.5 Å². The molecule has 3 heterocycles. The van der Waals surface area contributed by atoms with Gasteiger partial charge in [-0.15, -0.1) is 0 Å². The molecule has 0 saturated carbocycles. The summed E-state index contributed by atoms with van der Waals surface area (Å²) in [5.41, 5.74) is 0.0979. The Morgan fingerprint density at radius 2 is 1.76 bits per heavy atom. The van der Waals surface area contributed by atoms with Gasteiger partial charge in [0.25, 0.3) is 0 Å². The highest BCUT2D eigenvalue weighted by atomic mass is 16.7. The molecule has 3 saturated heterocycles. The van der Waals surface area contributed by atoms with Gasteiger partial charge in [0.2, 0.25) is 0 Å². The number of ether oxygens (including phenoxy) is 1. The van der Waals surface area contributed by atoms with Crippen LogP contribution in [0.5, 0.6) is 0 Å². The Labute approximate surface area is 152 Å². The molecule has 3 rings (SSSR count). The fourth-order valence-electron chi connectivity index (χ4n) is 3.95. The first kappa shape index (κ1) is 18.8. The molecule has 1 amide bonds. The Morgan fingerprint density at radius 3 is 2.32 bits per heavy atom. The van der Waals surface area contributed by atoms with E-state index >= 15 is 0 Å². The van der Waals surface area contributed by atoms with E-state index in [1.807, 2.05) is 25.7 Å². The smallest absolute Gasteiger partial charge is 0.444 e. The van der Waals surface area contributed by atoms with Gasteiger partial charge in [0.05, 0.1) is 17.2 Å². The fourth-order valence-corrected chi connectivity index (χ4v) is 3.95. The molecule has 2 unspecified atom stereocenters. The third-order valence-electron chi connectivity index (χ3n) is 5.92. The zero-order valence-corrected chi connectivity index (χ0v) is 16.7. The van der Waals surface area contributed by atoms with Crippen LogP contribution in [0.1, 0.15) is 74.1 Å². The number of amides is 1. The van der Waals surface area contributed by atoms with Crippen LogP contribution in [-0.4, -0.2) is 47.0 Å². The summed E-state index contributed by atoms with van der Waals surface area (Å²) in [4.78, 5) is 14.6. The first-order valence-electron chi connectivity index (χ1n) is 9.47. The minimum Gasteiger partial charge on any atom is -0.444 e. The van der Waals surface area contributed by atoms with Crippen molar-refractivity contribution in [3.8, 4) is 0 Å². The maximum atomic E-state index is 12.7. The number of hydrogen-bond donors (Lipinski definition) is 0. The Morgan fingerprint density at radius 1 is 1.16 bits per heavy atom. The average Bonchev–Trinajstić information content (AvgIpc) is 2.84. The van der Waals surface area contributed by atoms with Crippen LogP contribution in [0, 0.1) is 0 Å². The standard InChI is InChI=1S/C19H32BNO4/c1-17(2,3)23-16(22)21-14-9-8-13(15(21)11-10-14)12-20-24-18(4,5)19(6,7)25-20/h12,14-15H,8-11H2,1-7H3/b13-12-. The van der Waals surface area contributed by atoms with E-state index in [9.17, 15) is 4.79 Å². The molecule has 0 aromatic rings. The molecule has 140 valence electrons. The third kappa shape index (κ3) is 3.61. The molecular formula is C19H32BNO4. The number of rotatable bonds is 1. The predicted molar refractivity (Wildman–Crippen MR) is 98.3 cm³/mol. The molecule has 3 aliphatic heterocycles. The lowest BCUT2D eigenvalue weighted by molar-refractivity contribution is 0.00578. The van der Waals surface area contributed by atoms with E-state index in [4.69, 9.17) is 14.0 Å². The van der Waals surface area contributed by atoms with Crippen LogP contribution >= 0.6 is 0 Å². The van der Waals surface area contributed by atoms with Crippen molar-refractivity contribution in [2.45, 2.75) is 103 Å². The molecule has 0 spiro atoms. The van der Waals surface area contributed by atoms with Gasteiger partial charge >= 0.3 is 13.2 Å². The molecule has 25 heavy (non-hydrogen) atoms. The van der Waals surface area contributed by atoms with Crippen LogP contribution in [-0.2, 0) is 14.0 Å². The summed E-state index contributed by atoms with van der Waals surface area (Å²) in [5.74, 6) is 2.10. The fraction of sp³-hybridized carbons (Fsp3) is 0.842. The second kappa shape index (κ2) is 6.02. The van der Waals surface area contributed by atoms with Crippen LogP contribution in [0.25, 0.3) is 0 Å². The van der Waals surface area contributed by atoms with E-state index in [-0.39, 0.29) is 30.5 Å². The average molecular weight is 349 g/mol. The van der Waals surface area contributed by atoms with E-state index in [1.54, 1.807) is 0 Å². The maximum absolute atomic E-state index is 12.7. The normalized spacial score (nSPS) is 32.4. The summed E-state index contributed by atoms with van der Waals surface area (Å²) in [7, 11) is -0.349. The summed E-state index contributed by atoms with van der Waals surface area (Å²) in [6.45, 7) is 14.0. The van der Waals surface area contributed by atoms with Crippen molar-refractivity contribution >= 4 is 13.2 Å². The Bertz CT molecular complexity index is 562. The first-order chi connectivity index (χ1) is 11.4. The van der Waals surface area contributed by atoms with Crippen LogP contribution in [0.2, 0.25) is 0 Å². The van der Waals surface area contributed by atoms with Crippen LogP contribution < -0.4 is 0 Å². The Kier molecular flexibility index (Phi) is 4.52. The molecule has 0 aromatic heterocycles. The quantitative estimate of drug-likeness (QED) is 0.669. The number of fused-ring (bicyclic) bond motifs is 2. The van der Waals surface area contributed by atoms with E-state index in [0.29, 0.717) is 6.04 Å². The van der Waals surface area contributed by atoms with Crippen LogP contribution in [0.4, 0.5) is 4.79 Å². The van der Waals surface area contributed by atoms with Crippen molar-refractivity contribution in [3.63, 3.8) is 0 Å². The van der Waals surface area contributed by atoms with Crippen molar-refractivity contribution in [3.05, 3.63) is 11.5 Å². The third-order valence-corrected chi connectivity index (χ3v) is 5.92. The monoisotopic (exact) mass is 349 g/mol. The van der Waals surface area contributed by atoms with E-state index in [2.05, 4.69) is 33.7 Å². The van der Waals surface area contributed by atoms with Gasteiger partial charge in [0.15, 0.2) is 0 Å². The molecule has 3 fully saturated rings. The van der Waals surface area contributed by atoms with E-state index < -0.39 is 5.60 Å². The summed E-state index contributed by atoms with van der Waals surface area (Å²) in [5, 5.41) is 0. The van der Waals surface area contributed by atoms with Crippen LogP contribution in [0.3, 0.4) is 0 Å². The number of piperidine rings is 1. The molecule has 6 heteroatoms. The van der Waals surface area contributed by atoms with Crippen molar-refractivity contribution in [2.24, 2.45) is 0 Å². The van der Waals surface area contributed by atoms with Gasteiger partial charge in [-0.1, -0.05) is 11.5 Å². The maximum Gasteiger partial charge on any atom is 0.487 e. The number of carbonyl (C=O) groups is 1. The second-order valence-electron chi connectivity index (χ2n) is 9.54. The highest BCUT2D eigenvalue weighted by Crippen LogP contribution is 2.42. The van der Waals surface area contributed by atoms with Gasteiger partial charge in [0, 0.05) is 6.04 Å². The van der Waals surface area contributed by atoms with Crippen molar-refractivity contribution in [2.75, 3.05) is 0 Å². The SMILES string of the molecule is CC(C)(C)OC(=O)N1C2CC/C(=C/B3OC(C)(C)C(C)(C)O3)C1CC2. The van der Waals surface area contributed by atoms with E-state index in [0.717, 1.165) is 25.7 Å². The lowest BCUT2D eigenvalue weighted by Gasteiger charge is -2.37. The highest BCUT2D eigenvalue weighted by molar-refractivity contribution is 6.51. The summed E-state index contributed by atoms with van der Waals surface area (Å²) >= 11 is 0. The Balaban J connectivity index is 1.77. The van der Waals surface area contributed by atoms with Gasteiger partial charge in [-0.2, -0.15) is 0 Å². The lowest BCUT2D eigenvalue weighted by atomic mass is 9.82. The van der Waals surface area contributed by atoms with Crippen molar-refractivity contribution in [1.82, 2.24) is 4.90 Å². The van der Waals surface area contributed by atoms with E-state index in [1.165, 1.54) is 5.57 Å². The van der Waals surface area contributed by atoms with Gasteiger partial charge < -0.3 is 14.0 Å². The van der Waals surface area contributed by atoms with Gasteiger partial charge in [-0.3, -0.25) is 4.90 Å². The molecule has 5 nitrogen and oxygen atoms in total. The summed E-state index contributed by atoms with van der Waals surface area (Å²) < 4.78 is 17.9. The largest absolute Gasteiger partial charge is 0.487 e. The zero-order chi connectivity index (χ0) is 18.6. The predicted octanol–water partition coefficient (Wildman–Crippen LogP) is 4.11. The first-order valence-corrected chi connectivity index (χ1v) is 9.47. The molecule has 0 N–H and O–H groups in total. The topological polar surface area (TPSA) is 48.0 Å². The molecule has 0 radical (unpaired) electrons. The van der Waals surface area contributed by atoms with Gasteiger partial charge in [0.1, 0.15) is 5.60 Å². The summed E-state index contributed by atoms with van der Waals surface area (Å²) in [6.07, 6.45) is 3.83. The molecule has 0 aromatic carbocycles. The van der Waals surface area contributed by atoms with Gasteiger partial charge in [-0.05, 0) is 74.1 Å². The number of carbonyl (C=O) groups excluding carboxylic acids is 1. The molecule has 2 atom stereocenters.